The molecule has 4 rings (SSSR count). The van der Waals surface area contributed by atoms with E-state index >= 15 is 0 Å². The van der Waals surface area contributed by atoms with Crippen molar-refractivity contribution >= 4 is 17.9 Å². The number of carbonyl (C=O) groups excluding carboxylic acids is 3. The molecule has 3 N–H and O–H groups in total. The van der Waals surface area contributed by atoms with Crippen LogP contribution >= 0.6 is 0 Å². The quantitative estimate of drug-likeness (QED) is 0.484. The lowest BCUT2D eigenvalue weighted by Gasteiger charge is -2.28. The summed E-state index contributed by atoms with van der Waals surface area (Å²) in [5, 5.41) is 17.9. The van der Waals surface area contributed by atoms with Crippen LogP contribution in [0.3, 0.4) is 0 Å². The lowest BCUT2D eigenvalue weighted by atomic mass is 9.87. The zero-order valence-corrected chi connectivity index (χ0v) is 22.3. The van der Waals surface area contributed by atoms with Crippen molar-refractivity contribution in [1.82, 2.24) is 16.0 Å². The normalized spacial score (nSPS) is 18.3. The van der Waals surface area contributed by atoms with Crippen molar-refractivity contribution in [3.05, 3.63) is 59.7 Å². The maximum atomic E-state index is 13.2. The average Bonchev–Trinajstić information content (AvgIpc) is 3.20. The number of benzene rings is 2. The largest absolute Gasteiger partial charge is 0.449 e. The Kier molecular flexibility index (Phi) is 8.35. The minimum absolute atomic E-state index is 0.0891. The number of piperidine rings is 1. The van der Waals surface area contributed by atoms with Crippen LogP contribution in [0.25, 0.3) is 11.1 Å². The molecule has 0 unspecified atom stereocenters. The zero-order chi connectivity index (χ0) is 27.3. The number of fused-ring (bicyclic) bond motifs is 3. The highest BCUT2D eigenvalue weighted by molar-refractivity contribution is 5.86. The minimum Gasteiger partial charge on any atom is -0.449 e. The summed E-state index contributed by atoms with van der Waals surface area (Å²) in [6, 6.07) is 16.6. The Morgan fingerprint density at radius 1 is 1.08 bits per heavy atom. The van der Waals surface area contributed by atoms with Crippen LogP contribution in [0.1, 0.15) is 63.5 Å². The topological polar surface area (TPSA) is 120 Å². The van der Waals surface area contributed by atoms with E-state index in [9.17, 15) is 19.6 Å². The smallest absolute Gasteiger partial charge is 0.407 e. The molecule has 0 saturated carbocycles. The molecule has 1 heterocycles. The van der Waals surface area contributed by atoms with Crippen molar-refractivity contribution in [2.45, 2.75) is 64.5 Å². The number of hydrogen-bond acceptors (Lipinski definition) is 5. The van der Waals surface area contributed by atoms with E-state index in [0.717, 1.165) is 28.7 Å². The summed E-state index contributed by atoms with van der Waals surface area (Å²) >= 11 is 0. The van der Waals surface area contributed by atoms with E-state index in [-0.39, 0.29) is 36.2 Å². The second-order valence-electron chi connectivity index (χ2n) is 11.3. The van der Waals surface area contributed by atoms with Gasteiger partial charge in [-0.15, -0.1) is 0 Å². The second-order valence-corrected chi connectivity index (χ2v) is 11.3. The predicted molar refractivity (Wildman–Crippen MR) is 144 cm³/mol. The van der Waals surface area contributed by atoms with Crippen LogP contribution in [0.4, 0.5) is 4.79 Å². The lowest BCUT2D eigenvalue weighted by molar-refractivity contribution is -0.128. The van der Waals surface area contributed by atoms with Crippen LogP contribution in [0.2, 0.25) is 0 Å². The number of nitrogens with one attached hydrogen (secondary N) is 3. The van der Waals surface area contributed by atoms with Crippen LogP contribution in [-0.2, 0) is 14.3 Å². The second kappa shape index (κ2) is 11.7. The first-order valence-electron chi connectivity index (χ1n) is 13.3. The SMILES string of the molecule is CC(C)(C)C[C@H](NC(=O)OCC1c2ccccc2-c2ccccc21)C(=O)N[C@H](C#N)C[C@@H]1CCCNC1=O. The molecule has 1 aliphatic carbocycles. The molecule has 38 heavy (non-hydrogen) atoms. The molecule has 0 aromatic heterocycles. The van der Waals surface area contributed by atoms with E-state index in [4.69, 9.17) is 4.74 Å². The van der Waals surface area contributed by atoms with Gasteiger partial charge in [0.1, 0.15) is 18.7 Å². The van der Waals surface area contributed by atoms with Crippen molar-refractivity contribution in [2.75, 3.05) is 13.2 Å². The molecule has 0 spiro atoms. The summed E-state index contributed by atoms with van der Waals surface area (Å²) in [6.07, 6.45) is 1.44. The van der Waals surface area contributed by atoms with Gasteiger partial charge in [-0.3, -0.25) is 9.59 Å². The Morgan fingerprint density at radius 3 is 2.29 bits per heavy atom. The van der Waals surface area contributed by atoms with Crippen LogP contribution < -0.4 is 16.0 Å². The summed E-state index contributed by atoms with van der Waals surface area (Å²) in [5.41, 5.74) is 4.21. The van der Waals surface area contributed by atoms with Crippen molar-refractivity contribution in [1.29, 1.82) is 5.26 Å². The number of ether oxygens (including phenoxy) is 1. The number of nitrogens with zero attached hydrogens (tertiary/aromatic N) is 1. The summed E-state index contributed by atoms with van der Waals surface area (Å²) in [5.74, 6) is -0.956. The lowest BCUT2D eigenvalue weighted by Crippen LogP contribution is -2.51. The van der Waals surface area contributed by atoms with Gasteiger partial charge in [0.15, 0.2) is 0 Å². The Labute approximate surface area is 224 Å². The van der Waals surface area contributed by atoms with Crippen molar-refractivity contribution in [3.8, 4) is 17.2 Å². The van der Waals surface area contributed by atoms with Crippen LogP contribution in [0, 0.1) is 22.7 Å². The Bertz CT molecular complexity index is 1180. The number of hydrogen-bond donors (Lipinski definition) is 3. The molecule has 2 aromatic carbocycles. The van der Waals surface area contributed by atoms with Gasteiger partial charge in [-0.1, -0.05) is 69.3 Å². The van der Waals surface area contributed by atoms with Gasteiger partial charge in [-0.25, -0.2) is 4.79 Å². The third kappa shape index (κ3) is 6.52. The highest BCUT2D eigenvalue weighted by atomic mass is 16.5. The summed E-state index contributed by atoms with van der Waals surface area (Å²) in [4.78, 5) is 38.2. The summed E-state index contributed by atoms with van der Waals surface area (Å²) in [6.45, 7) is 6.69. The molecule has 0 bridgehead atoms. The first-order valence-corrected chi connectivity index (χ1v) is 13.3. The maximum absolute atomic E-state index is 13.2. The molecule has 0 radical (unpaired) electrons. The monoisotopic (exact) mass is 516 g/mol. The molecule has 8 heteroatoms. The van der Waals surface area contributed by atoms with Crippen LogP contribution in [-0.4, -0.2) is 43.1 Å². The molecule has 3 atom stereocenters. The minimum atomic E-state index is -0.887. The third-order valence-electron chi connectivity index (χ3n) is 7.16. The van der Waals surface area contributed by atoms with Crippen molar-refractivity contribution in [2.24, 2.45) is 11.3 Å². The Morgan fingerprint density at radius 2 is 1.71 bits per heavy atom. The van der Waals surface area contributed by atoms with Gasteiger partial charge in [-0.05, 0) is 53.4 Å². The molecule has 3 amide bonds. The standard InChI is InChI=1S/C30H36N4O4/c1-30(2,3)16-26(28(36)33-20(17-31)15-19-9-8-14-32-27(19)35)34-29(37)38-18-25-23-12-6-4-10-21(23)22-11-5-7-13-24(22)25/h4-7,10-13,19-20,25-26H,8-9,14-16,18H2,1-3H3,(H,32,35)(H,33,36)(H,34,37)/t19-,20-,26-/m0/s1. The van der Waals surface area contributed by atoms with Crippen molar-refractivity contribution < 1.29 is 19.1 Å². The van der Waals surface area contributed by atoms with Crippen molar-refractivity contribution in [3.63, 3.8) is 0 Å². The third-order valence-corrected chi connectivity index (χ3v) is 7.16. The van der Waals surface area contributed by atoms with Gasteiger partial charge < -0.3 is 20.7 Å². The number of nitriles is 1. The van der Waals surface area contributed by atoms with Gasteiger partial charge in [0.2, 0.25) is 11.8 Å². The Hall–Kier alpha value is -3.86. The first-order chi connectivity index (χ1) is 18.2. The zero-order valence-electron chi connectivity index (χ0n) is 22.3. The number of amides is 3. The summed E-state index contributed by atoms with van der Waals surface area (Å²) in [7, 11) is 0. The molecule has 2 aliphatic rings. The molecule has 1 fully saturated rings. The number of carbonyl (C=O) groups is 3. The first kappa shape index (κ1) is 27.2. The molecule has 2 aromatic rings. The van der Waals surface area contributed by atoms with E-state index in [0.29, 0.717) is 19.4 Å². The van der Waals surface area contributed by atoms with Gasteiger partial charge in [0.25, 0.3) is 0 Å². The molecule has 1 aliphatic heterocycles. The van der Waals surface area contributed by atoms with Crippen LogP contribution in [0.15, 0.2) is 48.5 Å². The highest BCUT2D eigenvalue weighted by Gasteiger charge is 2.32. The van der Waals surface area contributed by atoms with E-state index in [1.807, 2.05) is 57.2 Å². The fourth-order valence-corrected chi connectivity index (χ4v) is 5.37. The predicted octanol–water partition coefficient (Wildman–Crippen LogP) is 4.25. The number of rotatable bonds is 8. The van der Waals surface area contributed by atoms with Gasteiger partial charge in [-0.2, -0.15) is 5.26 Å². The number of alkyl carbamates (subject to hydrolysis) is 1. The van der Waals surface area contributed by atoms with E-state index in [1.54, 1.807) is 0 Å². The molecule has 1 saturated heterocycles. The van der Waals surface area contributed by atoms with Gasteiger partial charge in [0.05, 0.1) is 6.07 Å². The van der Waals surface area contributed by atoms with E-state index < -0.39 is 24.1 Å². The fraction of sp³-hybridized carbons (Fsp3) is 0.467. The Balaban J connectivity index is 1.40. The molecule has 8 nitrogen and oxygen atoms in total. The molecule has 200 valence electrons. The molecular weight excluding hydrogens is 480 g/mol. The van der Waals surface area contributed by atoms with E-state index in [1.165, 1.54) is 0 Å². The van der Waals surface area contributed by atoms with Gasteiger partial charge in [0, 0.05) is 18.4 Å². The van der Waals surface area contributed by atoms with E-state index in [2.05, 4.69) is 34.2 Å². The maximum Gasteiger partial charge on any atom is 0.407 e. The van der Waals surface area contributed by atoms with Gasteiger partial charge >= 0.3 is 6.09 Å². The average molecular weight is 517 g/mol. The highest BCUT2D eigenvalue weighted by Crippen LogP contribution is 2.44. The molecular formula is C30H36N4O4. The fourth-order valence-electron chi connectivity index (χ4n) is 5.37. The van der Waals surface area contributed by atoms with Crippen LogP contribution in [0.5, 0.6) is 0 Å². The summed E-state index contributed by atoms with van der Waals surface area (Å²) < 4.78 is 5.65.